The Kier molecular flexibility index (Phi) is 5.22. The highest BCUT2D eigenvalue weighted by atomic mass is 16.5. The van der Waals surface area contributed by atoms with Gasteiger partial charge in [0.05, 0.1) is 18.3 Å². The summed E-state index contributed by atoms with van der Waals surface area (Å²) in [7, 11) is 0. The molecule has 1 atom stereocenters. The zero-order chi connectivity index (χ0) is 12.2. The van der Waals surface area contributed by atoms with Crippen LogP contribution in [-0.4, -0.2) is 30.0 Å². The second-order valence-electron chi connectivity index (χ2n) is 5.63. The van der Waals surface area contributed by atoms with E-state index in [1.54, 1.807) is 6.92 Å². The molecule has 3 heteroatoms. The van der Waals surface area contributed by atoms with Crippen molar-refractivity contribution in [2.24, 2.45) is 17.6 Å². The molecular weight excluding hydrogens is 202 g/mol. The van der Waals surface area contributed by atoms with Crippen molar-refractivity contribution in [3.05, 3.63) is 0 Å². The fraction of sp³-hybridized carbons (Fsp3) is 1.00. The fourth-order valence-corrected chi connectivity index (χ4v) is 2.54. The predicted molar refractivity (Wildman–Crippen MR) is 66.2 cm³/mol. The van der Waals surface area contributed by atoms with Crippen molar-refractivity contribution in [2.75, 3.05) is 13.2 Å². The maximum absolute atomic E-state index is 9.27. The smallest absolute Gasteiger partial charge is 0.0805 e. The van der Waals surface area contributed by atoms with Gasteiger partial charge in [-0.1, -0.05) is 13.8 Å². The summed E-state index contributed by atoms with van der Waals surface area (Å²) >= 11 is 0. The lowest BCUT2D eigenvalue weighted by Gasteiger charge is -2.40. The number of hydrogen-bond donors (Lipinski definition) is 2. The van der Waals surface area contributed by atoms with Crippen molar-refractivity contribution >= 4 is 0 Å². The van der Waals surface area contributed by atoms with Crippen LogP contribution in [0.4, 0.5) is 0 Å². The normalized spacial score (nSPS) is 33.0. The second kappa shape index (κ2) is 5.99. The van der Waals surface area contributed by atoms with Crippen LogP contribution in [0.2, 0.25) is 0 Å². The zero-order valence-electron chi connectivity index (χ0n) is 10.9. The van der Waals surface area contributed by atoms with Crippen LogP contribution in [0.15, 0.2) is 0 Å². The molecule has 0 heterocycles. The predicted octanol–water partition coefficient (Wildman–Crippen LogP) is 1.93. The Bertz CT molecular complexity index is 196. The number of ether oxygens (including phenoxy) is 1. The van der Waals surface area contributed by atoms with Gasteiger partial charge in [0.1, 0.15) is 0 Å². The molecule has 1 rings (SSSR count). The molecule has 1 aliphatic carbocycles. The molecule has 1 unspecified atom stereocenters. The van der Waals surface area contributed by atoms with Gasteiger partial charge in [-0.15, -0.1) is 0 Å². The Morgan fingerprint density at radius 2 is 1.88 bits per heavy atom. The van der Waals surface area contributed by atoms with Gasteiger partial charge in [0.25, 0.3) is 0 Å². The zero-order valence-corrected chi connectivity index (χ0v) is 10.9. The SMILES string of the molecule is CC(O)COC1(CN)CCC(C(C)C)CC1. The van der Waals surface area contributed by atoms with E-state index in [2.05, 4.69) is 13.8 Å². The van der Waals surface area contributed by atoms with Gasteiger partial charge in [0.2, 0.25) is 0 Å². The molecule has 0 aromatic heterocycles. The van der Waals surface area contributed by atoms with E-state index < -0.39 is 6.10 Å². The van der Waals surface area contributed by atoms with E-state index in [0.717, 1.165) is 24.7 Å². The fourth-order valence-electron chi connectivity index (χ4n) is 2.54. The van der Waals surface area contributed by atoms with Gasteiger partial charge in [-0.05, 0) is 44.4 Å². The largest absolute Gasteiger partial charge is 0.391 e. The van der Waals surface area contributed by atoms with Gasteiger partial charge in [-0.2, -0.15) is 0 Å². The van der Waals surface area contributed by atoms with Crippen LogP contribution in [0.1, 0.15) is 46.5 Å². The number of rotatable bonds is 5. The van der Waals surface area contributed by atoms with E-state index in [1.807, 2.05) is 0 Å². The van der Waals surface area contributed by atoms with Crippen LogP contribution in [0.25, 0.3) is 0 Å². The van der Waals surface area contributed by atoms with E-state index in [0.29, 0.717) is 13.2 Å². The number of aliphatic hydroxyl groups is 1. The van der Waals surface area contributed by atoms with Crippen LogP contribution in [0.3, 0.4) is 0 Å². The summed E-state index contributed by atoms with van der Waals surface area (Å²) in [5.74, 6) is 1.57. The Labute approximate surface area is 99.4 Å². The Hall–Kier alpha value is -0.120. The summed E-state index contributed by atoms with van der Waals surface area (Å²) in [6, 6.07) is 0. The van der Waals surface area contributed by atoms with Gasteiger partial charge in [0.15, 0.2) is 0 Å². The van der Waals surface area contributed by atoms with Crippen LogP contribution in [0.5, 0.6) is 0 Å². The summed E-state index contributed by atoms with van der Waals surface area (Å²) < 4.78 is 5.83. The second-order valence-corrected chi connectivity index (χ2v) is 5.63. The molecule has 0 aromatic rings. The van der Waals surface area contributed by atoms with Gasteiger partial charge in [0, 0.05) is 6.54 Å². The first-order valence-corrected chi connectivity index (χ1v) is 6.51. The standard InChI is InChI=1S/C13H27NO2/c1-10(2)12-4-6-13(9-14,7-5-12)16-8-11(3)15/h10-12,15H,4-9,14H2,1-3H3. The Morgan fingerprint density at radius 3 is 2.25 bits per heavy atom. The number of hydrogen-bond acceptors (Lipinski definition) is 3. The molecule has 1 fully saturated rings. The van der Waals surface area contributed by atoms with Crippen LogP contribution < -0.4 is 5.73 Å². The van der Waals surface area contributed by atoms with Gasteiger partial charge in [-0.25, -0.2) is 0 Å². The summed E-state index contributed by atoms with van der Waals surface area (Å²) in [6.07, 6.45) is 4.09. The monoisotopic (exact) mass is 229 g/mol. The molecule has 0 aliphatic heterocycles. The minimum atomic E-state index is -0.397. The molecule has 0 aromatic carbocycles. The summed E-state index contributed by atoms with van der Waals surface area (Å²) in [5.41, 5.74) is 5.68. The molecule has 0 bridgehead atoms. The average Bonchev–Trinajstić information content (AvgIpc) is 2.27. The van der Waals surface area contributed by atoms with Crippen molar-refractivity contribution in [1.29, 1.82) is 0 Å². The first kappa shape index (κ1) is 13.9. The van der Waals surface area contributed by atoms with Crippen molar-refractivity contribution in [1.82, 2.24) is 0 Å². The third kappa shape index (κ3) is 3.72. The van der Waals surface area contributed by atoms with Gasteiger partial charge < -0.3 is 15.6 Å². The molecule has 0 radical (unpaired) electrons. The molecule has 3 N–H and O–H groups in total. The lowest BCUT2D eigenvalue weighted by molar-refractivity contribution is -0.0982. The summed E-state index contributed by atoms with van der Waals surface area (Å²) in [5, 5.41) is 9.27. The highest BCUT2D eigenvalue weighted by Crippen LogP contribution is 2.37. The molecule has 3 nitrogen and oxygen atoms in total. The maximum atomic E-state index is 9.27. The third-order valence-electron chi connectivity index (χ3n) is 3.89. The Morgan fingerprint density at radius 1 is 1.31 bits per heavy atom. The highest BCUT2D eigenvalue weighted by Gasteiger charge is 2.35. The lowest BCUT2D eigenvalue weighted by Crippen LogP contribution is -2.45. The topological polar surface area (TPSA) is 55.5 Å². The van der Waals surface area contributed by atoms with E-state index in [4.69, 9.17) is 10.5 Å². The molecule has 0 spiro atoms. The third-order valence-corrected chi connectivity index (χ3v) is 3.89. The van der Waals surface area contributed by atoms with Crippen molar-refractivity contribution < 1.29 is 9.84 Å². The molecule has 96 valence electrons. The quantitative estimate of drug-likeness (QED) is 0.757. The number of aliphatic hydroxyl groups excluding tert-OH is 1. The molecule has 0 amide bonds. The molecule has 0 saturated heterocycles. The van der Waals surface area contributed by atoms with Crippen molar-refractivity contribution in [3.63, 3.8) is 0 Å². The molecular formula is C13H27NO2. The van der Waals surface area contributed by atoms with E-state index in [-0.39, 0.29) is 5.60 Å². The maximum Gasteiger partial charge on any atom is 0.0805 e. The van der Waals surface area contributed by atoms with E-state index >= 15 is 0 Å². The summed E-state index contributed by atoms with van der Waals surface area (Å²) in [6.45, 7) is 7.31. The number of nitrogens with two attached hydrogens (primary N) is 1. The highest BCUT2D eigenvalue weighted by molar-refractivity contribution is 4.89. The molecule has 16 heavy (non-hydrogen) atoms. The Balaban J connectivity index is 2.45. The van der Waals surface area contributed by atoms with Crippen LogP contribution in [-0.2, 0) is 4.74 Å². The minimum absolute atomic E-state index is 0.164. The lowest BCUT2D eigenvalue weighted by atomic mass is 9.74. The minimum Gasteiger partial charge on any atom is -0.391 e. The average molecular weight is 229 g/mol. The first-order valence-electron chi connectivity index (χ1n) is 6.51. The van der Waals surface area contributed by atoms with E-state index in [1.165, 1.54) is 12.8 Å². The van der Waals surface area contributed by atoms with Crippen molar-refractivity contribution in [2.45, 2.75) is 58.2 Å². The van der Waals surface area contributed by atoms with Crippen LogP contribution in [0, 0.1) is 11.8 Å². The first-order chi connectivity index (χ1) is 7.49. The van der Waals surface area contributed by atoms with Gasteiger partial charge >= 0.3 is 0 Å². The summed E-state index contributed by atoms with van der Waals surface area (Å²) in [4.78, 5) is 0. The van der Waals surface area contributed by atoms with E-state index in [9.17, 15) is 5.11 Å². The van der Waals surface area contributed by atoms with Gasteiger partial charge in [-0.3, -0.25) is 0 Å². The van der Waals surface area contributed by atoms with Crippen LogP contribution >= 0.6 is 0 Å². The molecule has 1 aliphatic rings. The molecule has 1 saturated carbocycles. The van der Waals surface area contributed by atoms with Crippen molar-refractivity contribution in [3.8, 4) is 0 Å².